The molecule has 1 unspecified atom stereocenters. The van der Waals surface area contributed by atoms with Crippen LogP contribution in [0.2, 0.25) is 5.02 Å². The molecule has 1 atom stereocenters. The minimum absolute atomic E-state index is 0.224. The monoisotopic (exact) mass is 277 g/mol. The molecule has 0 amide bonds. The van der Waals surface area contributed by atoms with Gasteiger partial charge in [0.05, 0.1) is 0 Å². The highest BCUT2D eigenvalue weighted by Gasteiger charge is 2.24. The molecule has 0 saturated heterocycles. The molecule has 0 aromatic heterocycles. The van der Waals surface area contributed by atoms with E-state index in [2.05, 4.69) is 0 Å². The van der Waals surface area contributed by atoms with Crippen LogP contribution >= 0.6 is 11.6 Å². The Hall–Kier alpha value is -1.38. The van der Waals surface area contributed by atoms with E-state index in [-0.39, 0.29) is 5.82 Å². The first-order valence-electron chi connectivity index (χ1n) is 6.19. The zero-order valence-electron chi connectivity index (χ0n) is 11.1. The Morgan fingerprint density at radius 2 is 1.89 bits per heavy atom. The molecular weight excluding hydrogens is 261 g/mol. The SMILES string of the molecule is Cc1cc(F)ccc1CC(C)(N)c1ccccc1Cl. The molecule has 100 valence electrons. The fourth-order valence-corrected chi connectivity index (χ4v) is 2.62. The molecule has 0 aliphatic carbocycles. The molecule has 0 aliphatic heterocycles. The van der Waals surface area contributed by atoms with Crippen molar-refractivity contribution in [3.8, 4) is 0 Å². The van der Waals surface area contributed by atoms with Gasteiger partial charge in [0.2, 0.25) is 0 Å². The third kappa shape index (κ3) is 3.14. The molecule has 3 heteroatoms. The van der Waals surface area contributed by atoms with Gasteiger partial charge in [-0.2, -0.15) is 0 Å². The molecule has 1 nitrogen and oxygen atoms in total. The highest BCUT2D eigenvalue weighted by atomic mass is 35.5. The fraction of sp³-hybridized carbons (Fsp3) is 0.250. The van der Waals surface area contributed by atoms with Crippen LogP contribution in [-0.4, -0.2) is 0 Å². The van der Waals surface area contributed by atoms with E-state index < -0.39 is 5.54 Å². The van der Waals surface area contributed by atoms with Gasteiger partial charge in [-0.3, -0.25) is 0 Å². The summed E-state index contributed by atoms with van der Waals surface area (Å²) in [5.74, 6) is -0.224. The molecule has 19 heavy (non-hydrogen) atoms. The lowest BCUT2D eigenvalue weighted by molar-refractivity contribution is 0.489. The van der Waals surface area contributed by atoms with E-state index in [4.69, 9.17) is 17.3 Å². The summed E-state index contributed by atoms with van der Waals surface area (Å²) in [6, 6.07) is 12.3. The fourth-order valence-electron chi connectivity index (χ4n) is 2.27. The highest BCUT2D eigenvalue weighted by Crippen LogP contribution is 2.29. The molecule has 0 radical (unpaired) electrons. The van der Waals surface area contributed by atoms with Crippen LogP contribution in [0.3, 0.4) is 0 Å². The second-order valence-corrected chi connectivity index (χ2v) is 5.55. The second kappa shape index (κ2) is 5.32. The van der Waals surface area contributed by atoms with Gasteiger partial charge < -0.3 is 5.73 Å². The molecule has 2 N–H and O–H groups in total. The zero-order chi connectivity index (χ0) is 14.0. The quantitative estimate of drug-likeness (QED) is 0.894. The molecular formula is C16H17ClFN. The van der Waals surface area contributed by atoms with E-state index in [1.54, 1.807) is 6.07 Å². The van der Waals surface area contributed by atoms with E-state index in [1.807, 2.05) is 38.1 Å². The first-order chi connectivity index (χ1) is 8.90. The van der Waals surface area contributed by atoms with Gasteiger partial charge in [0.25, 0.3) is 0 Å². The van der Waals surface area contributed by atoms with Crippen molar-refractivity contribution in [1.82, 2.24) is 0 Å². The van der Waals surface area contributed by atoms with Crippen LogP contribution in [0.4, 0.5) is 4.39 Å². The van der Waals surface area contributed by atoms with E-state index in [0.29, 0.717) is 11.4 Å². The first kappa shape index (κ1) is 14.0. The number of benzene rings is 2. The summed E-state index contributed by atoms with van der Waals surface area (Å²) in [7, 11) is 0. The van der Waals surface area contributed by atoms with Crippen molar-refractivity contribution < 1.29 is 4.39 Å². The summed E-state index contributed by atoms with van der Waals surface area (Å²) in [6.45, 7) is 3.83. The van der Waals surface area contributed by atoms with Crippen molar-refractivity contribution in [1.29, 1.82) is 0 Å². The Kier molecular flexibility index (Phi) is 3.93. The zero-order valence-corrected chi connectivity index (χ0v) is 11.8. The van der Waals surface area contributed by atoms with Crippen LogP contribution < -0.4 is 5.73 Å². The minimum atomic E-state index is -0.582. The van der Waals surface area contributed by atoms with Crippen molar-refractivity contribution in [3.63, 3.8) is 0 Å². The Morgan fingerprint density at radius 1 is 1.21 bits per heavy atom. The summed E-state index contributed by atoms with van der Waals surface area (Å²) >= 11 is 6.20. The van der Waals surface area contributed by atoms with Crippen LogP contribution in [0.5, 0.6) is 0 Å². The lowest BCUT2D eigenvalue weighted by atomic mass is 9.85. The van der Waals surface area contributed by atoms with Gasteiger partial charge in [0, 0.05) is 10.6 Å². The maximum atomic E-state index is 13.1. The smallest absolute Gasteiger partial charge is 0.123 e. The minimum Gasteiger partial charge on any atom is -0.321 e. The number of nitrogens with two attached hydrogens (primary N) is 1. The van der Waals surface area contributed by atoms with Crippen molar-refractivity contribution in [2.75, 3.05) is 0 Å². The van der Waals surface area contributed by atoms with Gasteiger partial charge in [-0.25, -0.2) is 4.39 Å². The molecule has 0 bridgehead atoms. The third-order valence-electron chi connectivity index (χ3n) is 3.35. The van der Waals surface area contributed by atoms with E-state index >= 15 is 0 Å². The number of halogens is 2. The highest BCUT2D eigenvalue weighted by molar-refractivity contribution is 6.31. The number of aryl methyl sites for hydroxylation is 1. The normalized spacial score (nSPS) is 14.2. The summed E-state index contributed by atoms with van der Waals surface area (Å²) < 4.78 is 13.1. The van der Waals surface area contributed by atoms with E-state index in [0.717, 1.165) is 16.7 Å². The summed E-state index contributed by atoms with van der Waals surface area (Å²) in [5, 5.41) is 0.660. The average Bonchev–Trinajstić information content (AvgIpc) is 2.33. The second-order valence-electron chi connectivity index (χ2n) is 5.14. The van der Waals surface area contributed by atoms with Gasteiger partial charge in [0.1, 0.15) is 5.82 Å². The Labute approximate surface area is 118 Å². The van der Waals surface area contributed by atoms with Crippen LogP contribution in [-0.2, 0) is 12.0 Å². The van der Waals surface area contributed by atoms with Crippen molar-refractivity contribution in [2.45, 2.75) is 25.8 Å². The van der Waals surface area contributed by atoms with Gasteiger partial charge in [-0.15, -0.1) is 0 Å². The number of rotatable bonds is 3. The third-order valence-corrected chi connectivity index (χ3v) is 3.68. The molecule has 2 aromatic rings. The van der Waals surface area contributed by atoms with Crippen molar-refractivity contribution in [3.05, 3.63) is 70.0 Å². The van der Waals surface area contributed by atoms with Crippen LogP contribution in [0.1, 0.15) is 23.6 Å². The Balaban J connectivity index is 2.33. The maximum Gasteiger partial charge on any atom is 0.123 e. The molecule has 0 heterocycles. The summed E-state index contributed by atoms with van der Waals surface area (Å²) in [5.41, 5.74) is 8.66. The Morgan fingerprint density at radius 3 is 2.53 bits per heavy atom. The largest absolute Gasteiger partial charge is 0.321 e. The average molecular weight is 278 g/mol. The predicted molar refractivity (Wildman–Crippen MR) is 77.8 cm³/mol. The van der Waals surface area contributed by atoms with E-state index in [9.17, 15) is 4.39 Å². The van der Waals surface area contributed by atoms with Crippen LogP contribution in [0.25, 0.3) is 0 Å². The van der Waals surface area contributed by atoms with Crippen molar-refractivity contribution in [2.24, 2.45) is 5.73 Å². The van der Waals surface area contributed by atoms with Gasteiger partial charge in [0.15, 0.2) is 0 Å². The topological polar surface area (TPSA) is 26.0 Å². The number of hydrogen-bond donors (Lipinski definition) is 1. The molecule has 2 rings (SSSR count). The van der Waals surface area contributed by atoms with Gasteiger partial charge >= 0.3 is 0 Å². The van der Waals surface area contributed by atoms with Crippen molar-refractivity contribution >= 4 is 11.6 Å². The summed E-state index contributed by atoms with van der Waals surface area (Å²) in [6.07, 6.45) is 0.614. The van der Waals surface area contributed by atoms with Gasteiger partial charge in [-0.1, -0.05) is 35.9 Å². The maximum absolute atomic E-state index is 13.1. The predicted octanol–water partition coefficient (Wildman–Crippen LogP) is 4.20. The van der Waals surface area contributed by atoms with Crippen LogP contribution in [0, 0.1) is 12.7 Å². The number of hydrogen-bond acceptors (Lipinski definition) is 1. The van der Waals surface area contributed by atoms with Gasteiger partial charge in [-0.05, 0) is 55.2 Å². The lowest BCUT2D eigenvalue weighted by Gasteiger charge is -2.27. The lowest BCUT2D eigenvalue weighted by Crippen LogP contribution is -2.36. The van der Waals surface area contributed by atoms with E-state index in [1.165, 1.54) is 12.1 Å². The molecule has 0 saturated carbocycles. The molecule has 0 fully saturated rings. The molecule has 0 spiro atoms. The molecule has 2 aromatic carbocycles. The Bertz CT molecular complexity index is 593. The first-order valence-corrected chi connectivity index (χ1v) is 6.57. The standard InChI is InChI=1S/C16H17ClFN/c1-11-9-13(18)8-7-12(11)10-16(2,19)14-5-3-4-6-15(14)17/h3-9H,10,19H2,1-2H3. The summed E-state index contributed by atoms with van der Waals surface area (Å²) in [4.78, 5) is 0. The van der Waals surface area contributed by atoms with Crippen LogP contribution in [0.15, 0.2) is 42.5 Å². The molecule has 0 aliphatic rings.